The summed E-state index contributed by atoms with van der Waals surface area (Å²) in [6.07, 6.45) is 0. The van der Waals surface area contributed by atoms with Gasteiger partial charge < -0.3 is 9.90 Å². The lowest BCUT2D eigenvalue weighted by Gasteiger charge is -2.09. The van der Waals surface area contributed by atoms with Gasteiger partial charge in [0.15, 0.2) is 5.13 Å². The van der Waals surface area contributed by atoms with Gasteiger partial charge in [-0.05, 0) is 17.5 Å². The summed E-state index contributed by atoms with van der Waals surface area (Å²) in [4.78, 5) is 28.6. The van der Waals surface area contributed by atoms with Crippen molar-refractivity contribution in [3.05, 3.63) is 58.3 Å². The molecule has 0 atom stereocenters. The third-order valence-electron chi connectivity index (χ3n) is 2.89. The molecule has 3 rings (SSSR count). The van der Waals surface area contributed by atoms with Gasteiger partial charge in [-0.1, -0.05) is 24.3 Å². The summed E-state index contributed by atoms with van der Waals surface area (Å²) in [6, 6.07) is 9.78. The van der Waals surface area contributed by atoms with E-state index >= 15 is 0 Å². The van der Waals surface area contributed by atoms with E-state index in [1.165, 1.54) is 23.5 Å². The quantitative estimate of drug-likeness (QED) is 0.797. The third kappa shape index (κ3) is 2.90. The van der Waals surface area contributed by atoms with Crippen LogP contribution in [0.15, 0.2) is 47.2 Å². The summed E-state index contributed by atoms with van der Waals surface area (Å²) in [6.45, 7) is 0. The van der Waals surface area contributed by atoms with Gasteiger partial charge in [0.25, 0.3) is 5.91 Å². The van der Waals surface area contributed by atoms with Crippen LogP contribution >= 0.6 is 22.7 Å². The van der Waals surface area contributed by atoms with Gasteiger partial charge in [-0.2, -0.15) is 0 Å². The summed E-state index contributed by atoms with van der Waals surface area (Å²) in [5.74, 6) is -1.91. The number of benzene rings is 1. The van der Waals surface area contributed by atoms with Crippen molar-refractivity contribution in [3.8, 4) is 10.6 Å². The minimum absolute atomic E-state index is 0.0513. The molecule has 1 aromatic carbocycles. The fraction of sp³-hybridized carbons (Fsp3) is 0. The van der Waals surface area contributed by atoms with Crippen LogP contribution in [0.5, 0.6) is 0 Å². The molecule has 1 N–H and O–H groups in total. The number of anilines is 1. The Kier molecular flexibility index (Phi) is 3.99. The van der Waals surface area contributed by atoms with Crippen molar-refractivity contribution in [1.82, 2.24) is 4.98 Å². The number of carbonyl (C=O) groups excluding carboxylic acids is 2. The molecule has 0 fully saturated rings. The molecule has 22 heavy (non-hydrogen) atoms. The van der Waals surface area contributed by atoms with Crippen LogP contribution in [-0.4, -0.2) is 16.9 Å². The lowest BCUT2D eigenvalue weighted by molar-refractivity contribution is -0.255. The molecule has 0 unspecified atom stereocenters. The summed E-state index contributed by atoms with van der Waals surface area (Å²) >= 11 is 2.84. The van der Waals surface area contributed by atoms with Gasteiger partial charge in [-0.25, -0.2) is 4.98 Å². The van der Waals surface area contributed by atoms with E-state index < -0.39 is 11.9 Å². The Morgan fingerprint density at radius 1 is 1.05 bits per heavy atom. The second kappa shape index (κ2) is 6.08. The van der Waals surface area contributed by atoms with Crippen LogP contribution in [0.25, 0.3) is 10.6 Å². The lowest BCUT2D eigenvalue weighted by Crippen LogP contribution is -2.26. The molecular formula is C15H9N2O3S2-. The van der Waals surface area contributed by atoms with E-state index in [2.05, 4.69) is 10.3 Å². The minimum atomic E-state index is -1.39. The summed E-state index contributed by atoms with van der Waals surface area (Å²) in [5.41, 5.74) is 0.689. The molecule has 0 bridgehead atoms. The molecule has 7 heteroatoms. The maximum absolute atomic E-state index is 12.2. The van der Waals surface area contributed by atoms with E-state index in [4.69, 9.17) is 0 Å². The van der Waals surface area contributed by atoms with Crippen LogP contribution in [0, 0.1) is 0 Å². The Balaban J connectivity index is 1.82. The summed E-state index contributed by atoms with van der Waals surface area (Å²) < 4.78 is 0. The second-order valence-electron chi connectivity index (χ2n) is 4.30. The first-order valence-corrected chi connectivity index (χ1v) is 8.02. The number of carbonyl (C=O) groups is 2. The number of amides is 1. The third-order valence-corrected chi connectivity index (χ3v) is 4.54. The maximum atomic E-state index is 12.2. The summed E-state index contributed by atoms with van der Waals surface area (Å²) in [5, 5.41) is 17.9. The van der Waals surface area contributed by atoms with E-state index in [9.17, 15) is 14.7 Å². The van der Waals surface area contributed by atoms with E-state index in [-0.39, 0.29) is 11.1 Å². The Hall–Kier alpha value is -2.51. The topological polar surface area (TPSA) is 82.1 Å². The first kappa shape index (κ1) is 14.4. The molecule has 3 aromatic rings. The molecule has 2 heterocycles. The number of nitrogens with zero attached hydrogens (tertiary/aromatic N) is 1. The highest BCUT2D eigenvalue weighted by Gasteiger charge is 2.14. The molecular weight excluding hydrogens is 320 g/mol. The predicted molar refractivity (Wildman–Crippen MR) is 84.2 cm³/mol. The summed E-state index contributed by atoms with van der Waals surface area (Å²) in [7, 11) is 0. The molecule has 2 aromatic heterocycles. The van der Waals surface area contributed by atoms with Gasteiger partial charge >= 0.3 is 0 Å². The second-order valence-corrected chi connectivity index (χ2v) is 6.11. The molecule has 5 nitrogen and oxygen atoms in total. The van der Waals surface area contributed by atoms with E-state index in [0.717, 1.165) is 10.6 Å². The number of aromatic carboxylic acids is 1. The van der Waals surface area contributed by atoms with Gasteiger partial charge in [0.1, 0.15) is 0 Å². The van der Waals surface area contributed by atoms with Crippen molar-refractivity contribution in [1.29, 1.82) is 0 Å². The van der Waals surface area contributed by atoms with Gasteiger partial charge in [0.05, 0.1) is 16.5 Å². The first-order chi connectivity index (χ1) is 10.6. The molecule has 0 spiro atoms. The molecule has 1 amide bonds. The van der Waals surface area contributed by atoms with Gasteiger partial charge in [-0.3, -0.25) is 10.1 Å². The SMILES string of the molecule is O=C([O-])c1ccccc1C(=O)Nc1nc(-c2cccs2)cs1. The lowest BCUT2D eigenvalue weighted by atomic mass is 10.1. The fourth-order valence-corrected chi connectivity index (χ4v) is 3.36. The van der Waals surface area contributed by atoms with Crippen LogP contribution in [-0.2, 0) is 0 Å². The van der Waals surface area contributed by atoms with Gasteiger partial charge in [-0.15, -0.1) is 22.7 Å². The highest BCUT2D eigenvalue weighted by Crippen LogP contribution is 2.28. The normalized spacial score (nSPS) is 10.4. The highest BCUT2D eigenvalue weighted by molar-refractivity contribution is 7.16. The zero-order valence-electron chi connectivity index (χ0n) is 11.1. The number of rotatable bonds is 4. The van der Waals surface area contributed by atoms with E-state index in [1.807, 2.05) is 22.9 Å². The van der Waals surface area contributed by atoms with Crippen molar-refractivity contribution in [2.45, 2.75) is 0 Å². The maximum Gasteiger partial charge on any atom is 0.258 e. The number of hydrogen-bond acceptors (Lipinski definition) is 6. The smallest absolute Gasteiger partial charge is 0.258 e. The van der Waals surface area contributed by atoms with Crippen molar-refractivity contribution >= 4 is 39.7 Å². The highest BCUT2D eigenvalue weighted by atomic mass is 32.1. The molecule has 0 aliphatic rings. The molecule has 110 valence electrons. The van der Waals surface area contributed by atoms with Crippen molar-refractivity contribution in [3.63, 3.8) is 0 Å². The number of aromatic nitrogens is 1. The number of hydrogen-bond donors (Lipinski definition) is 1. The molecule has 0 aliphatic heterocycles. The Labute approximate surface area is 133 Å². The van der Waals surface area contributed by atoms with Crippen LogP contribution in [0.1, 0.15) is 20.7 Å². The minimum Gasteiger partial charge on any atom is -0.545 e. The van der Waals surface area contributed by atoms with Crippen molar-refractivity contribution in [2.75, 3.05) is 5.32 Å². The number of carboxylic acids is 1. The largest absolute Gasteiger partial charge is 0.545 e. The number of thiazole rings is 1. The van der Waals surface area contributed by atoms with Gasteiger partial charge in [0.2, 0.25) is 0 Å². The Bertz CT molecular complexity index is 825. The standard InChI is InChI=1S/C15H10N2O3S2/c18-13(9-4-1-2-5-10(9)14(19)20)17-15-16-11(8-22-15)12-6-3-7-21-12/h1-8H,(H,19,20)(H,16,17,18)/p-1. The van der Waals surface area contributed by atoms with Crippen molar-refractivity contribution in [2.24, 2.45) is 0 Å². The number of carboxylic acid groups (broad SMARTS) is 1. The molecule has 0 aliphatic carbocycles. The van der Waals surface area contributed by atoms with Crippen LogP contribution < -0.4 is 10.4 Å². The average molecular weight is 329 g/mol. The Morgan fingerprint density at radius 2 is 1.82 bits per heavy atom. The fourth-order valence-electron chi connectivity index (χ4n) is 1.89. The number of nitrogens with one attached hydrogen (secondary N) is 1. The average Bonchev–Trinajstić information content (AvgIpc) is 3.17. The van der Waals surface area contributed by atoms with Crippen LogP contribution in [0.2, 0.25) is 0 Å². The van der Waals surface area contributed by atoms with E-state index in [1.54, 1.807) is 23.5 Å². The Morgan fingerprint density at radius 3 is 2.50 bits per heavy atom. The van der Waals surface area contributed by atoms with Crippen LogP contribution in [0.4, 0.5) is 5.13 Å². The molecule has 0 saturated carbocycles. The number of thiophene rings is 1. The predicted octanol–water partition coefficient (Wildman–Crippen LogP) is 2.49. The zero-order valence-corrected chi connectivity index (χ0v) is 12.7. The van der Waals surface area contributed by atoms with Crippen molar-refractivity contribution < 1.29 is 14.7 Å². The monoisotopic (exact) mass is 329 g/mol. The zero-order chi connectivity index (χ0) is 15.5. The molecule has 0 saturated heterocycles. The van der Waals surface area contributed by atoms with Crippen LogP contribution in [0.3, 0.4) is 0 Å². The first-order valence-electron chi connectivity index (χ1n) is 6.26. The van der Waals surface area contributed by atoms with Gasteiger partial charge in [0, 0.05) is 16.5 Å². The molecule has 0 radical (unpaired) electrons. The van der Waals surface area contributed by atoms with E-state index in [0.29, 0.717) is 5.13 Å².